The number of ether oxygens (including phenoxy) is 1. The molecule has 1 atom stereocenters. The van der Waals surface area contributed by atoms with Crippen molar-refractivity contribution in [2.24, 2.45) is 5.41 Å². The fourth-order valence-electron chi connectivity index (χ4n) is 0.539. The smallest absolute Gasteiger partial charge is 1.00 e. The van der Waals surface area contributed by atoms with E-state index in [0.717, 1.165) is 0 Å². The SMILES string of the molecule is CC(OC(=O)CC(=O)O)C(C)(C)C.[Ba+2].[H-].[H-]. The van der Waals surface area contributed by atoms with Crippen molar-refractivity contribution in [1.82, 2.24) is 0 Å². The van der Waals surface area contributed by atoms with Crippen molar-refractivity contribution < 1.29 is 22.3 Å². The van der Waals surface area contributed by atoms with Crippen molar-refractivity contribution in [1.29, 1.82) is 0 Å². The zero-order valence-corrected chi connectivity index (χ0v) is 13.6. The number of esters is 1. The third-order valence-corrected chi connectivity index (χ3v) is 1.82. The van der Waals surface area contributed by atoms with Gasteiger partial charge in [-0.25, -0.2) is 0 Å². The normalized spacial score (nSPS) is 12.6. The maximum Gasteiger partial charge on any atom is 2.00 e. The number of hydrogen-bond donors (Lipinski definition) is 1. The summed E-state index contributed by atoms with van der Waals surface area (Å²) in [4.78, 5) is 21.0. The number of carbonyl (C=O) groups excluding carboxylic acids is 1. The molecule has 0 bridgehead atoms. The van der Waals surface area contributed by atoms with Crippen LogP contribution in [0.15, 0.2) is 0 Å². The summed E-state index contributed by atoms with van der Waals surface area (Å²) in [6.45, 7) is 7.52. The molecule has 0 spiro atoms. The van der Waals surface area contributed by atoms with Gasteiger partial charge in [-0.3, -0.25) is 9.59 Å². The largest absolute Gasteiger partial charge is 2.00 e. The van der Waals surface area contributed by atoms with Gasteiger partial charge in [0.25, 0.3) is 0 Å². The molecule has 0 rings (SSSR count). The molecule has 0 aliphatic carbocycles. The van der Waals surface area contributed by atoms with Crippen molar-refractivity contribution in [3.63, 3.8) is 0 Å². The van der Waals surface area contributed by atoms with Crippen LogP contribution in [0.2, 0.25) is 0 Å². The third-order valence-electron chi connectivity index (χ3n) is 1.82. The molecular weight excluding hydrogens is 309 g/mol. The first-order valence-electron chi connectivity index (χ1n) is 4.14. The van der Waals surface area contributed by atoms with Gasteiger partial charge >= 0.3 is 60.8 Å². The van der Waals surface area contributed by atoms with Crippen molar-refractivity contribution in [3.8, 4) is 0 Å². The van der Waals surface area contributed by atoms with Crippen LogP contribution < -0.4 is 0 Å². The molecule has 0 amide bonds. The first-order valence-corrected chi connectivity index (χ1v) is 4.14. The van der Waals surface area contributed by atoms with Crippen LogP contribution in [0.4, 0.5) is 0 Å². The molecule has 0 radical (unpaired) electrons. The Morgan fingerprint density at radius 1 is 1.43 bits per heavy atom. The molecular formula is C9H18BaO4. The average molecular weight is 328 g/mol. The molecule has 1 N–H and O–H groups in total. The first-order chi connectivity index (χ1) is 5.73. The molecule has 0 heterocycles. The number of aliphatic carboxylic acids is 1. The van der Waals surface area contributed by atoms with Gasteiger partial charge in [-0.2, -0.15) is 0 Å². The van der Waals surface area contributed by atoms with Crippen molar-refractivity contribution in [3.05, 3.63) is 0 Å². The van der Waals surface area contributed by atoms with Crippen molar-refractivity contribution in [2.75, 3.05) is 0 Å². The molecule has 0 aliphatic rings. The van der Waals surface area contributed by atoms with Gasteiger partial charge in [0.15, 0.2) is 0 Å². The molecule has 0 aromatic carbocycles. The second-order valence-corrected chi connectivity index (χ2v) is 4.07. The van der Waals surface area contributed by atoms with Gasteiger partial charge in [-0.1, -0.05) is 20.8 Å². The van der Waals surface area contributed by atoms with E-state index in [4.69, 9.17) is 9.84 Å². The Hall–Kier alpha value is 0.511. The average Bonchev–Trinajstić information content (AvgIpc) is 1.82. The Balaban J connectivity index is -0.000000240. The van der Waals surface area contributed by atoms with E-state index in [1.165, 1.54) is 0 Å². The molecule has 0 saturated heterocycles. The Kier molecular flexibility index (Phi) is 8.34. The van der Waals surface area contributed by atoms with E-state index in [-0.39, 0.29) is 63.3 Å². The maximum atomic E-state index is 10.9. The van der Waals surface area contributed by atoms with E-state index in [9.17, 15) is 9.59 Å². The van der Waals surface area contributed by atoms with Crippen LogP contribution in [-0.2, 0) is 14.3 Å². The maximum absolute atomic E-state index is 10.9. The molecule has 0 aliphatic heterocycles. The Labute approximate surface area is 127 Å². The molecule has 0 saturated carbocycles. The molecule has 14 heavy (non-hydrogen) atoms. The van der Waals surface area contributed by atoms with Gasteiger partial charge in [-0.05, 0) is 12.3 Å². The third kappa shape index (κ3) is 7.87. The second kappa shape index (κ2) is 6.90. The van der Waals surface area contributed by atoms with Gasteiger partial charge < -0.3 is 12.7 Å². The van der Waals surface area contributed by atoms with Gasteiger partial charge in [0.1, 0.15) is 12.5 Å². The Bertz CT molecular complexity index is 216. The number of carbonyl (C=O) groups is 2. The number of hydrogen-bond acceptors (Lipinski definition) is 3. The van der Waals surface area contributed by atoms with E-state index in [0.29, 0.717) is 0 Å². The fourth-order valence-corrected chi connectivity index (χ4v) is 0.539. The van der Waals surface area contributed by atoms with E-state index in [1.54, 1.807) is 6.92 Å². The Morgan fingerprint density at radius 3 is 2.14 bits per heavy atom. The van der Waals surface area contributed by atoms with Crippen LogP contribution >= 0.6 is 0 Å². The van der Waals surface area contributed by atoms with Gasteiger partial charge in [0.05, 0.1) is 0 Å². The zero-order chi connectivity index (χ0) is 10.6. The minimum absolute atomic E-state index is 0. The minimum atomic E-state index is -1.16. The first kappa shape index (κ1) is 16.9. The Morgan fingerprint density at radius 2 is 1.86 bits per heavy atom. The second-order valence-electron chi connectivity index (χ2n) is 4.07. The zero-order valence-electron chi connectivity index (χ0n) is 11.2. The quantitative estimate of drug-likeness (QED) is 0.482. The fraction of sp³-hybridized carbons (Fsp3) is 0.778. The van der Waals surface area contributed by atoms with Crippen LogP contribution in [0.25, 0.3) is 0 Å². The molecule has 0 aromatic rings. The predicted molar refractivity (Wildman–Crippen MR) is 55.2 cm³/mol. The summed E-state index contributed by atoms with van der Waals surface area (Å²) in [5, 5.41) is 8.30. The monoisotopic (exact) mass is 328 g/mol. The summed E-state index contributed by atoms with van der Waals surface area (Å²) >= 11 is 0. The summed E-state index contributed by atoms with van der Waals surface area (Å²) in [7, 11) is 0. The molecule has 0 fully saturated rings. The molecule has 1 unspecified atom stereocenters. The van der Waals surface area contributed by atoms with E-state index in [2.05, 4.69) is 0 Å². The topological polar surface area (TPSA) is 63.6 Å². The van der Waals surface area contributed by atoms with Crippen LogP contribution in [0.3, 0.4) is 0 Å². The van der Waals surface area contributed by atoms with Crippen LogP contribution in [0.1, 0.15) is 37.0 Å². The van der Waals surface area contributed by atoms with Crippen LogP contribution in [0, 0.1) is 5.41 Å². The molecule has 80 valence electrons. The summed E-state index contributed by atoms with van der Waals surface area (Å²) in [6.07, 6.45) is -0.847. The van der Waals surface area contributed by atoms with Gasteiger partial charge in [-0.15, -0.1) is 0 Å². The van der Waals surface area contributed by atoms with E-state index >= 15 is 0 Å². The summed E-state index contributed by atoms with van der Waals surface area (Å²) in [6, 6.07) is 0. The standard InChI is InChI=1S/C9H16O4.Ba.2H/c1-6(9(2,3)4)13-8(12)5-7(10)11;;;/h6H,5H2,1-4H3,(H,10,11);;;/q;+2;2*-1. The predicted octanol–water partition coefficient (Wildman–Crippen LogP) is 1.28. The van der Waals surface area contributed by atoms with E-state index in [1.807, 2.05) is 20.8 Å². The molecule has 5 heteroatoms. The van der Waals surface area contributed by atoms with Gasteiger partial charge in [0.2, 0.25) is 0 Å². The number of carboxylic acids is 1. The summed E-state index contributed by atoms with van der Waals surface area (Å²) in [5.74, 6) is -1.85. The minimum Gasteiger partial charge on any atom is -1.00 e. The van der Waals surface area contributed by atoms with E-state index < -0.39 is 18.4 Å². The van der Waals surface area contributed by atoms with Crippen molar-refractivity contribution in [2.45, 2.75) is 40.2 Å². The molecule has 4 nitrogen and oxygen atoms in total. The molecule has 0 aromatic heterocycles. The van der Waals surface area contributed by atoms with Gasteiger partial charge in [0, 0.05) is 0 Å². The van der Waals surface area contributed by atoms with Crippen LogP contribution in [0.5, 0.6) is 0 Å². The number of carboxylic acid groups (broad SMARTS) is 1. The number of rotatable bonds is 3. The van der Waals surface area contributed by atoms with Crippen molar-refractivity contribution >= 4 is 60.8 Å². The summed E-state index contributed by atoms with van der Waals surface area (Å²) in [5.41, 5.74) is -0.159. The summed E-state index contributed by atoms with van der Waals surface area (Å²) < 4.78 is 4.91. The van der Waals surface area contributed by atoms with Crippen LogP contribution in [-0.4, -0.2) is 72.0 Å².